The summed E-state index contributed by atoms with van der Waals surface area (Å²) in [5, 5.41) is 0. The van der Waals surface area contributed by atoms with Crippen molar-refractivity contribution in [2.24, 2.45) is 0 Å². The van der Waals surface area contributed by atoms with Crippen molar-refractivity contribution in [3.05, 3.63) is 180 Å². The molecule has 6 rings (SSSR count). The predicted molar refractivity (Wildman–Crippen MR) is 239 cm³/mol. The smallest absolute Gasteiger partial charge is 0.411 e. The van der Waals surface area contributed by atoms with Gasteiger partial charge in [0.2, 0.25) is 0 Å². The molecule has 0 bridgehead atoms. The number of nitrogens with zero attached hydrogens (tertiary/aromatic N) is 3. The second-order valence-corrected chi connectivity index (χ2v) is 14.3. The van der Waals surface area contributed by atoms with Gasteiger partial charge in [0.15, 0.2) is 0 Å². The second kappa shape index (κ2) is 21.9. The molecule has 0 aliphatic carbocycles. The van der Waals surface area contributed by atoms with Crippen molar-refractivity contribution in [3.8, 4) is 0 Å². The van der Waals surface area contributed by atoms with E-state index in [0.29, 0.717) is 13.0 Å². The summed E-state index contributed by atoms with van der Waals surface area (Å²) < 4.78 is 1.31. The summed E-state index contributed by atoms with van der Waals surface area (Å²) in [6, 6.07) is 54.1. The summed E-state index contributed by atoms with van der Waals surface area (Å²) in [4.78, 5) is 5.75. The molecule has 0 spiro atoms. The molecular formula is C42H36N3S6Zr. The van der Waals surface area contributed by atoms with Crippen molar-refractivity contribution in [2.45, 2.75) is 20.8 Å². The van der Waals surface area contributed by atoms with Gasteiger partial charge in [-0.05, 0) is 92.1 Å². The Morgan fingerprint density at radius 1 is 0.346 bits per heavy atom. The summed E-state index contributed by atoms with van der Waals surface area (Å²) in [6.45, 7) is 6.16. The van der Waals surface area contributed by atoms with Crippen LogP contribution in [0.4, 0.5) is 34.1 Å². The molecule has 10 heteroatoms. The maximum Gasteiger partial charge on any atom is 3.00 e. The van der Waals surface area contributed by atoms with Gasteiger partial charge in [0, 0.05) is 34.1 Å². The van der Waals surface area contributed by atoms with Crippen molar-refractivity contribution < 1.29 is 26.2 Å². The van der Waals surface area contributed by atoms with Crippen LogP contribution in [-0.4, -0.2) is 13.0 Å². The largest absolute Gasteiger partial charge is 3.00 e. The Kier molecular flexibility index (Phi) is 18.1. The number of hydrogen-bond acceptors (Lipinski definition) is 6. The summed E-state index contributed by atoms with van der Waals surface area (Å²) in [7, 11) is 0. The first kappa shape index (κ1) is 42.9. The molecular weight excluding hydrogens is 830 g/mol. The van der Waals surface area contributed by atoms with Crippen molar-refractivity contribution in [3.63, 3.8) is 0 Å². The summed E-state index contributed by atoms with van der Waals surface area (Å²) in [5.74, 6) is 0. The molecule has 0 saturated heterocycles. The minimum atomic E-state index is 0. The number of aryl methyl sites for hydroxylation is 3. The number of thiocarbonyl (C=S) groups is 3. The SMILES string of the molecule is Cc1ccccc1N(C(=S)[S-])c1ccccc1.Cc1ccccc1N(C(=S)[S-])c1ccccc1.Cc1ccccc1N(C(=S)[S-])c1ccccc1.[Zr+3]. The Balaban J connectivity index is 0.000000208. The molecule has 6 aromatic carbocycles. The van der Waals surface area contributed by atoms with Crippen molar-refractivity contribution in [1.82, 2.24) is 0 Å². The molecule has 0 amide bonds. The Bertz CT molecular complexity index is 1810. The van der Waals surface area contributed by atoms with Gasteiger partial charge in [-0.2, -0.15) is 0 Å². The van der Waals surface area contributed by atoms with E-state index in [1.165, 1.54) is 0 Å². The molecule has 0 atom stereocenters. The van der Waals surface area contributed by atoms with E-state index in [4.69, 9.17) is 74.5 Å². The third-order valence-electron chi connectivity index (χ3n) is 7.66. The summed E-state index contributed by atoms with van der Waals surface area (Å²) in [6.07, 6.45) is 0. The van der Waals surface area contributed by atoms with Gasteiger partial charge in [0.05, 0.1) is 0 Å². The molecule has 52 heavy (non-hydrogen) atoms. The fraction of sp³-hybridized carbons (Fsp3) is 0.0714. The standard InChI is InChI=1S/3C14H13NS2.Zr/c3*1-11-7-5-6-10-13(11)15(14(16)17)12-8-3-2-4-9-12;/h3*2-10H,1H3,(H,16,17);/q;;;+3/p-3. The number of para-hydroxylation sites is 6. The fourth-order valence-electron chi connectivity index (χ4n) is 5.20. The van der Waals surface area contributed by atoms with E-state index in [2.05, 4.69) is 39.0 Å². The van der Waals surface area contributed by atoms with Crippen LogP contribution >= 0.6 is 36.7 Å². The van der Waals surface area contributed by atoms with Gasteiger partial charge >= 0.3 is 26.2 Å². The zero-order chi connectivity index (χ0) is 36.8. The van der Waals surface area contributed by atoms with Crippen LogP contribution in [0.5, 0.6) is 0 Å². The van der Waals surface area contributed by atoms with E-state index in [0.717, 1.165) is 50.8 Å². The van der Waals surface area contributed by atoms with Crippen LogP contribution in [0.15, 0.2) is 164 Å². The first-order valence-corrected chi connectivity index (χ1v) is 18.4. The first-order valence-electron chi connectivity index (χ1n) is 16.0. The second-order valence-electron chi connectivity index (χ2n) is 11.2. The molecule has 1 radical (unpaired) electrons. The van der Waals surface area contributed by atoms with Gasteiger partial charge in [-0.15, -0.1) is 0 Å². The van der Waals surface area contributed by atoms with Crippen LogP contribution in [0.3, 0.4) is 0 Å². The molecule has 0 heterocycles. The monoisotopic (exact) mass is 864 g/mol. The average Bonchev–Trinajstić information content (AvgIpc) is 3.13. The molecule has 0 saturated carbocycles. The van der Waals surface area contributed by atoms with E-state index in [-0.39, 0.29) is 26.2 Å². The molecule has 259 valence electrons. The van der Waals surface area contributed by atoms with Crippen LogP contribution in [0.25, 0.3) is 0 Å². The summed E-state index contributed by atoms with van der Waals surface area (Å²) in [5.41, 5.74) is 9.59. The Morgan fingerprint density at radius 3 is 0.731 bits per heavy atom. The van der Waals surface area contributed by atoms with Gasteiger partial charge in [0.1, 0.15) is 0 Å². The van der Waals surface area contributed by atoms with Gasteiger partial charge in [-0.25, -0.2) is 0 Å². The first-order chi connectivity index (χ1) is 24.6. The molecule has 0 N–H and O–H groups in total. The number of rotatable bonds is 6. The van der Waals surface area contributed by atoms with E-state index in [9.17, 15) is 0 Å². The van der Waals surface area contributed by atoms with E-state index >= 15 is 0 Å². The normalized spacial score (nSPS) is 9.75. The topological polar surface area (TPSA) is 9.72 Å². The minimum Gasteiger partial charge on any atom is -0.411 e. The van der Waals surface area contributed by atoms with E-state index in [1.807, 2.05) is 160 Å². The Morgan fingerprint density at radius 2 is 0.538 bits per heavy atom. The van der Waals surface area contributed by atoms with Crippen molar-refractivity contribution >= 4 is 122 Å². The van der Waals surface area contributed by atoms with Crippen molar-refractivity contribution in [1.29, 1.82) is 0 Å². The molecule has 6 aromatic rings. The zero-order valence-electron chi connectivity index (χ0n) is 28.9. The van der Waals surface area contributed by atoms with Crippen LogP contribution in [0, 0.1) is 20.8 Å². The van der Waals surface area contributed by atoms with Gasteiger partial charge in [-0.3, -0.25) is 0 Å². The molecule has 0 aromatic heterocycles. The molecule has 0 aliphatic rings. The number of benzene rings is 6. The Labute approximate surface area is 360 Å². The molecule has 0 fully saturated rings. The molecule has 0 aliphatic heterocycles. The third kappa shape index (κ3) is 12.0. The fourth-order valence-corrected chi connectivity index (χ4v) is 6.43. The minimum absolute atomic E-state index is 0. The number of hydrogen-bond donors (Lipinski definition) is 0. The third-order valence-corrected chi connectivity index (χ3v) is 8.76. The zero-order valence-corrected chi connectivity index (χ0v) is 36.2. The predicted octanol–water partition coefficient (Wildman–Crippen LogP) is 11.9. The van der Waals surface area contributed by atoms with Crippen LogP contribution in [-0.2, 0) is 64.1 Å². The van der Waals surface area contributed by atoms with E-state index in [1.54, 1.807) is 0 Å². The maximum absolute atomic E-state index is 5.18. The Hall–Kier alpha value is -3.47. The van der Waals surface area contributed by atoms with Crippen LogP contribution in [0.2, 0.25) is 0 Å². The quantitative estimate of drug-likeness (QED) is 0.119. The maximum atomic E-state index is 5.18. The molecule has 3 nitrogen and oxygen atoms in total. The van der Waals surface area contributed by atoms with Gasteiger partial charge in [0.25, 0.3) is 0 Å². The van der Waals surface area contributed by atoms with Crippen LogP contribution in [0.1, 0.15) is 16.7 Å². The van der Waals surface area contributed by atoms with Gasteiger partial charge < -0.3 is 89.2 Å². The van der Waals surface area contributed by atoms with Gasteiger partial charge in [-0.1, -0.05) is 122 Å². The summed E-state index contributed by atoms with van der Waals surface area (Å²) >= 11 is 31.1. The van der Waals surface area contributed by atoms with E-state index < -0.39 is 0 Å². The van der Waals surface area contributed by atoms with Crippen molar-refractivity contribution in [2.75, 3.05) is 14.7 Å². The van der Waals surface area contributed by atoms with Crippen LogP contribution < -0.4 is 14.7 Å². The average molecular weight is 866 g/mol. The number of anilines is 6. The molecule has 0 unspecified atom stereocenters.